The Morgan fingerprint density at radius 3 is 2.77 bits per heavy atom. The number of carbonyl (C=O) groups excluding carboxylic acids is 1. The Morgan fingerprint density at radius 2 is 2.06 bits per heavy atom. The van der Waals surface area contributed by atoms with Crippen LogP contribution >= 0.6 is 11.6 Å². The Hall–Kier alpha value is -1.21. The van der Waals surface area contributed by atoms with Crippen LogP contribution in [-0.2, 0) is 15.1 Å². The fraction of sp³-hybridized carbons (Fsp3) is 0.750. The summed E-state index contributed by atoms with van der Waals surface area (Å²) >= 11 is 6.37. The first-order valence-corrected chi connectivity index (χ1v) is 13.8. The number of methoxy groups -OCH3 is 1. The number of likely N-dealkylation sites (tertiary alicyclic amines) is 1. The Balaban J connectivity index is 1.73. The number of ether oxygens (including phenoxy) is 1. The predicted octanol–water partition coefficient (Wildman–Crippen LogP) is 5.53. The van der Waals surface area contributed by atoms with Crippen LogP contribution in [0.5, 0.6) is 0 Å². The smallest absolute Gasteiger partial charge is 0.222 e. The number of nitrogens with one attached hydrogen (secondary N) is 1. The van der Waals surface area contributed by atoms with Crippen molar-refractivity contribution in [3.05, 3.63) is 34.6 Å². The van der Waals surface area contributed by atoms with Gasteiger partial charge in [0.1, 0.15) is 5.82 Å². The summed E-state index contributed by atoms with van der Waals surface area (Å²) in [6.45, 7) is 2.64. The van der Waals surface area contributed by atoms with E-state index in [4.69, 9.17) is 16.3 Å². The van der Waals surface area contributed by atoms with Crippen LogP contribution in [0.4, 0.5) is 4.39 Å². The third kappa shape index (κ3) is 7.64. The van der Waals surface area contributed by atoms with Crippen molar-refractivity contribution in [2.45, 2.75) is 76.2 Å². The first-order chi connectivity index (χ1) is 16.9. The number of halogens is 2. The molecule has 3 atom stereocenters. The minimum Gasteiger partial charge on any atom is -0.385 e. The summed E-state index contributed by atoms with van der Waals surface area (Å²) in [5.41, 5.74) is -0.856. The number of hydrogen-bond acceptors (Lipinski definition) is 4. The molecule has 198 valence electrons. The average Bonchev–Trinajstić information content (AvgIpc) is 3.36. The molecule has 1 saturated carbocycles. The monoisotopic (exact) mass is 510 g/mol. The zero-order valence-electron chi connectivity index (χ0n) is 21.5. The second kappa shape index (κ2) is 13.9. The molecule has 1 aromatic rings. The first-order valence-electron chi connectivity index (χ1n) is 13.5. The van der Waals surface area contributed by atoms with Gasteiger partial charge in [-0.25, -0.2) is 4.39 Å². The minimum atomic E-state index is -1.29. The molecule has 0 aromatic heterocycles. The highest BCUT2D eigenvalue weighted by atomic mass is 35.5. The van der Waals surface area contributed by atoms with Crippen molar-refractivity contribution >= 4 is 17.5 Å². The highest BCUT2D eigenvalue weighted by Crippen LogP contribution is 2.43. The topological polar surface area (TPSA) is 61.8 Å². The maximum atomic E-state index is 14.4. The molecule has 0 unspecified atom stereocenters. The zero-order chi connectivity index (χ0) is 25.3. The van der Waals surface area contributed by atoms with Gasteiger partial charge in [-0.05, 0) is 70.0 Å². The van der Waals surface area contributed by atoms with E-state index in [1.165, 1.54) is 31.7 Å². The maximum absolute atomic E-state index is 14.4. The SMILES string of the molecule is CNC[C@@H](CC(=O)N1CCC[C@@H]([C@@](O)(CCCCOC)c2cccc(F)c2Cl)C1)CC1CCCC1. The van der Waals surface area contributed by atoms with Gasteiger partial charge in [0.05, 0.1) is 10.6 Å². The number of carbonyl (C=O) groups is 1. The summed E-state index contributed by atoms with van der Waals surface area (Å²) in [6, 6.07) is 4.65. The van der Waals surface area contributed by atoms with Crippen LogP contribution in [0.3, 0.4) is 0 Å². The van der Waals surface area contributed by atoms with E-state index in [-0.39, 0.29) is 16.8 Å². The largest absolute Gasteiger partial charge is 0.385 e. The lowest BCUT2D eigenvalue weighted by atomic mass is 9.74. The number of nitrogens with zero attached hydrogens (tertiary/aromatic N) is 1. The highest BCUT2D eigenvalue weighted by molar-refractivity contribution is 6.31. The van der Waals surface area contributed by atoms with Gasteiger partial charge in [0, 0.05) is 44.7 Å². The lowest BCUT2D eigenvalue weighted by Gasteiger charge is -2.43. The van der Waals surface area contributed by atoms with Crippen molar-refractivity contribution < 1.29 is 19.0 Å². The van der Waals surface area contributed by atoms with Crippen LogP contribution in [0, 0.1) is 23.6 Å². The Kier molecular flexibility index (Phi) is 11.3. The zero-order valence-corrected chi connectivity index (χ0v) is 22.3. The average molecular weight is 511 g/mol. The summed E-state index contributed by atoms with van der Waals surface area (Å²) in [4.78, 5) is 15.3. The van der Waals surface area contributed by atoms with Crippen LogP contribution in [0.25, 0.3) is 0 Å². The van der Waals surface area contributed by atoms with Crippen molar-refractivity contribution in [1.82, 2.24) is 10.2 Å². The van der Waals surface area contributed by atoms with E-state index < -0.39 is 11.4 Å². The lowest BCUT2D eigenvalue weighted by Crippen LogP contribution is -2.48. The second-order valence-electron chi connectivity index (χ2n) is 10.7. The van der Waals surface area contributed by atoms with Gasteiger partial charge >= 0.3 is 0 Å². The molecule has 3 rings (SSSR count). The molecule has 5 nitrogen and oxygen atoms in total. The number of piperidine rings is 1. The van der Waals surface area contributed by atoms with Gasteiger partial charge in [0.25, 0.3) is 0 Å². The maximum Gasteiger partial charge on any atom is 0.222 e. The number of benzene rings is 1. The Bertz CT molecular complexity index is 804. The number of aliphatic hydroxyl groups is 1. The molecule has 35 heavy (non-hydrogen) atoms. The van der Waals surface area contributed by atoms with E-state index in [0.717, 1.165) is 44.6 Å². The number of rotatable bonds is 13. The molecule has 0 bridgehead atoms. The molecule has 1 aliphatic carbocycles. The third-order valence-electron chi connectivity index (χ3n) is 8.12. The predicted molar refractivity (Wildman–Crippen MR) is 139 cm³/mol. The summed E-state index contributed by atoms with van der Waals surface area (Å²) in [7, 11) is 3.61. The quantitative estimate of drug-likeness (QED) is 0.343. The molecule has 1 aliphatic heterocycles. The summed E-state index contributed by atoms with van der Waals surface area (Å²) < 4.78 is 19.6. The Morgan fingerprint density at radius 1 is 1.29 bits per heavy atom. The molecule has 2 fully saturated rings. The fourth-order valence-corrected chi connectivity index (χ4v) is 6.54. The van der Waals surface area contributed by atoms with Gasteiger partial charge < -0.3 is 20.1 Å². The normalized spacial score (nSPS) is 21.7. The van der Waals surface area contributed by atoms with Crippen LogP contribution in [0.15, 0.2) is 18.2 Å². The number of unbranched alkanes of at least 4 members (excludes halogenated alkanes) is 1. The van der Waals surface area contributed by atoms with Crippen molar-refractivity contribution in [2.24, 2.45) is 17.8 Å². The lowest BCUT2D eigenvalue weighted by molar-refractivity contribution is -0.137. The fourth-order valence-electron chi connectivity index (χ4n) is 6.25. The molecule has 1 heterocycles. The van der Waals surface area contributed by atoms with Gasteiger partial charge in [0.2, 0.25) is 5.91 Å². The molecule has 0 radical (unpaired) electrons. The first kappa shape index (κ1) is 28.4. The molecule has 2 N–H and O–H groups in total. The highest BCUT2D eigenvalue weighted by Gasteiger charge is 2.42. The molecular formula is C28H44ClFN2O3. The van der Waals surface area contributed by atoms with E-state index in [1.807, 2.05) is 11.9 Å². The van der Waals surface area contributed by atoms with Crippen LogP contribution in [-0.4, -0.2) is 56.3 Å². The van der Waals surface area contributed by atoms with E-state index in [9.17, 15) is 14.3 Å². The van der Waals surface area contributed by atoms with E-state index in [0.29, 0.717) is 44.0 Å². The third-order valence-corrected chi connectivity index (χ3v) is 8.51. The molecule has 1 amide bonds. The standard InChI is InChI=1S/C28H44ClFN2O3/c1-31-19-22(17-21-9-3-4-10-21)18-26(33)32-15-8-11-23(20-32)28(34,14-5-6-16-35-2)24-12-7-13-25(30)27(24)29/h7,12-13,21-23,31,34H,3-6,8-11,14-20H2,1-2H3/t22-,23-,28+/m1/s1. The molecule has 2 aliphatic rings. The van der Waals surface area contributed by atoms with Gasteiger partial charge in [-0.1, -0.05) is 49.4 Å². The molecule has 1 aromatic carbocycles. The van der Waals surface area contributed by atoms with Crippen LogP contribution in [0.2, 0.25) is 5.02 Å². The molecule has 1 saturated heterocycles. The van der Waals surface area contributed by atoms with Gasteiger partial charge in [-0.2, -0.15) is 0 Å². The van der Waals surface area contributed by atoms with Gasteiger partial charge in [-0.15, -0.1) is 0 Å². The second-order valence-corrected chi connectivity index (χ2v) is 11.0. The van der Waals surface area contributed by atoms with Crippen molar-refractivity contribution in [2.75, 3.05) is 40.4 Å². The Labute approximate surface area is 215 Å². The summed E-state index contributed by atoms with van der Waals surface area (Å²) in [5.74, 6) is 0.522. The van der Waals surface area contributed by atoms with E-state index in [2.05, 4.69) is 5.32 Å². The van der Waals surface area contributed by atoms with E-state index >= 15 is 0 Å². The van der Waals surface area contributed by atoms with Gasteiger partial charge in [-0.3, -0.25) is 4.79 Å². The number of hydrogen-bond donors (Lipinski definition) is 2. The van der Waals surface area contributed by atoms with Crippen LogP contribution in [0.1, 0.15) is 76.2 Å². The number of amides is 1. The van der Waals surface area contributed by atoms with E-state index in [1.54, 1.807) is 19.2 Å². The minimum absolute atomic E-state index is 0.0177. The van der Waals surface area contributed by atoms with Crippen molar-refractivity contribution in [3.8, 4) is 0 Å². The molecule has 7 heteroatoms. The van der Waals surface area contributed by atoms with Gasteiger partial charge in [0.15, 0.2) is 0 Å². The van der Waals surface area contributed by atoms with Crippen LogP contribution < -0.4 is 5.32 Å². The van der Waals surface area contributed by atoms with Crippen molar-refractivity contribution in [1.29, 1.82) is 0 Å². The summed E-state index contributed by atoms with van der Waals surface area (Å²) in [5, 5.41) is 15.3. The van der Waals surface area contributed by atoms with Crippen molar-refractivity contribution in [3.63, 3.8) is 0 Å². The molecular weight excluding hydrogens is 467 g/mol. The molecule has 0 spiro atoms. The summed E-state index contributed by atoms with van der Waals surface area (Å²) in [6.07, 6.45) is 10.4.